The van der Waals surface area contributed by atoms with Crippen molar-refractivity contribution in [2.45, 2.75) is 6.17 Å². The molecule has 1 unspecified atom stereocenters. The molecule has 1 heterocycles. The van der Waals surface area contributed by atoms with Crippen LogP contribution in [0.25, 0.3) is 0 Å². The fourth-order valence-corrected chi connectivity index (χ4v) is 2.77. The van der Waals surface area contributed by atoms with Crippen LogP contribution in [0.4, 0.5) is 20.2 Å². The second-order valence-corrected chi connectivity index (χ2v) is 5.42. The largest absolute Gasteiger partial charge is 0.361 e. The van der Waals surface area contributed by atoms with Crippen LogP contribution in [0.1, 0.15) is 22.1 Å². The van der Waals surface area contributed by atoms with Gasteiger partial charge in [-0.1, -0.05) is 18.2 Å². The molecule has 1 amide bonds. The average molecular weight is 345 g/mol. The standard InChI is InChI=1S/C17H13F2N3O3/c1-2-7-21-16(20-14-6-4-3-5-10(14)17(21)23)11-8-15(22(24)25)13(19)9-12(11)18/h2-6,8-9,16,20H,1,7H2. The maximum atomic E-state index is 14.3. The molecule has 0 fully saturated rings. The van der Waals surface area contributed by atoms with Crippen LogP contribution in [0.2, 0.25) is 0 Å². The van der Waals surface area contributed by atoms with Gasteiger partial charge in [-0.15, -0.1) is 6.58 Å². The number of para-hydroxylation sites is 1. The molecule has 0 aromatic heterocycles. The van der Waals surface area contributed by atoms with Crippen molar-refractivity contribution in [3.8, 4) is 0 Å². The van der Waals surface area contributed by atoms with Gasteiger partial charge in [0.25, 0.3) is 5.91 Å². The van der Waals surface area contributed by atoms with Crippen molar-refractivity contribution >= 4 is 17.3 Å². The molecule has 2 aromatic rings. The maximum Gasteiger partial charge on any atom is 0.305 e. The zero-order valence-electron chi connectivity index (χ0n) is 12.9. The van der Waals surface area contributed by atoms with Crippen LogP contribution in [0.15, 0.2) is 49.1 Å². The second kappa shape index (κ2) is 6.31. The van der Waals surface area contributed by atoms with Gasteiger partial charge in [0.1, 0.15) is 12.0 Å². The lowest BCUT2D eigenvalue weighted by Gasteiger charge is -2.37. The summed E-state index contributed by atoms with van der Waals surface area (Å²) in [7, 11) is 0. The highest BCUT2D eigenvalue weighted by Gasteiger charge is 2.35. The minimum atomic E-state index is -1.27. The van der Waals surface area contributed by atoms with Gasteiger partial charge in [0.2, 0.25) is 5.82 Å². The third kappa shape index (κ3) is 2.82. The molecule has 6 nitrogen and oxygen atoms in total. The molecule has 0 bridgehead atoms. The predicted molar refractivity (Wildman–Crippen MR) is 87.1 cm³/mol. The van der Waals surface area contributed by atoms with E-state index < -0.39 is 28.4 Å². The SMILES string of the molecule is C=CCN1C(=O)c2ccccc2NC1c1cc([N+](=O)[O-])c(F)cc1F. The van der Waals surface area contributed by atoms with Crippen molar-refractivity contribution < 1.29 is 18.5 Å². The summed E-state index contributed by atoms with van der Waals surface area (Å²) in [5, 5.41) is 13.9. The van der Waals surface area contributed by atoms with E-state index in [2.05, 4.69) is 11.9 Å². The topological polar surface area (TPSA) is 75.5 Å². The number of carbonyl (C=O) groups excluding carboxylic acids is 1. The van der Waals surface area contributed by atoms with E-state index in [1.54, 1.807) is 24.3 Å². The molecular weight excluding hydrogens is 332 g/mol. The van der Waals surface area contributed by atoms with Crippen molar-refractivity contribution in [1.82, 2.24) is 4.90 Å². The van der Waals surface area contributed by atoms with E-state index in [0.29, 0.717) is 17.3 Å². The number of anilines is 1. The zero-order chi connectivity index (χ0) is 18.1. The summed E-state index contributed by atoms with van der Waals surface area (Å²) >= 11 is 0. The Morgan fingerprint density at radius 3 is 2.68 bits per heavy atom. The Kier molecular flexibility index (Phi) is 4.18. The molecule has 0 radical (unpaired) electrons. The van der Waals surface area contributed by atoms with Gasteiger partial charge in [0.05, 0.1) is 10.5 Å². The Morgan fingerprint density at radius 1 is 1.28 bits per heavy atom. The van der Waals surface area contributed by atoms with E-state index in [1.807, 2.05) is 0 Å². The first-order valence-corrected chi connectivity index (χ1v) is 7.34. The number of nitro groups is 1. The Bertz CT molecular complexity index is 885. The van der Waals surface area contributed by atoms with Crippen LogP contribution in [0.3, 0.4) is 0 Å². The third-order valence-corrected chi connectivity index (χ3v) is 3.91. The van der Waals surface area contributed by atoms with E-state index in [-0.39, 0.29) is 18.0 Å². The van der Waals surface area contributed by atoms with Crippen LogP contribution in [0, 0.1) is 21.7 Å². The molecule has 0 aliphatic carbocycles. The predicted octanol–water partition coefficient (Wildman–Crippen LogP) is 3.63. The van der Waals surface area contributed by atoms with Crippen LogP contribution < -0.4 is 5.32 Å². The summed E-state index contributed by atoms with van der Waals surface area (Å²) in [6.45, 7) is 3.65. The van der Waals surface area contributed by atoms with E-state index in [4.69, 9.17) is 0 Å². The lowest BCUT2D eigenvalue weighted by atomic mass is 10.0. The normalized spacial score (nSPS) is 16.2. The summed E-state index contributed by atoms with van der Waals surface area (Å²) < 4.78 is 27.9. The Hall–Kier alpha value is -3.29. The van der Waals surface area contributed by atoms with Crippen LogP contribution >= 0.6 is 0 Å². The number of rotatable bonds is 4. The number of amides is 1. The summed E-state index contributed by atoms with van der Waals surface area (Å²) in [5.41, 5.74) is -0.206. The smallest absolute Gasteiger partial charge is 0.305 e. The summed E-state index contributed by atoms with van der Waals surface area (Å²) in [4.78, 5) is 24.0. The van der Waals surface area contributed by atoms with E-state index >= 15 is 0 Å². The molecule has 0 saturated heterocycles. The Morgan fingerprint density at radius 2 is 2.00 bits per heavy atom. The summed E-state index contributed by atoms with van der Waals surface area (Å²) in [5.74, 6) is -2.64. The molecule has 8 heteroatoms. The number of hydrogen-bond acceptors (Lipinski definition) is 4. The monoisotopic (exact) mass is 345 g/mol. The minimum absolute atomic E-state index is 0.0788. The summed E-state index contributed by atoms with van der Waals surface area (Å²) in [6, 6.07) is 7.89. The quantitative estimate of drug-likeness (QED) is 0.522. The molecular formula is C17H13F2N3O3. The molecule has 3 rings (SSSR count). The molecule has 128 valence electrons. The van der Waals surface area contributed by atoms with Crippen molar-refractivity contribution in [1.29, 1.82) is 0 Å². The van der Waals surface area contributed by atoms with Crippen molar-refractivity contribution in [2.75, 3.05) is 11.9 Å². The Balaban J connectivity index is 2.15. The first kappa shape index (κ1) is 16.6. The highest BCUT2D eigenvalue weighted by Crippen LogP contribution is 2.35. The number of fused-ring (bicyclic) bond motifs is 1. The number of halogens is 2. The molecule has 2 aromatic carbocycles. The van der Waals surface area contributed by atoms with Gasteiger partial charge in [-0.2, -0.15) is 4.39 Å². The van der Waals surface area contributed by atoms with Gasteiger partial charge in [0, 0.05) is 29.9 Å². The lowest BCUT2D eigenvalue weighted by molar-refractivity contribution is -0.387. The van der Waals surface area contributed by atoms with Gasteiger partial charge >= 0.3 is 5.69 Å². The van der Waals surface area contributed by atoms with Crippen molar-refractivity contribution in [3.63, 3.8) is 0 Å². The molecule has 25 heavy (non-hydrogen) atoms. The minimum Gasteiger partial charge on any atom is -0.361 e. The van der Waals surface area contributed by atoms with Crippen LogP contribution in [-0.2, 0) is 0 Å². The van der Waals surface area contributed by atoms with E-state index in [0.717, 1.165) is 6.07 Å². The summed E-state index contributed by atoms with van der Waals surface area (Å²) in [6.07, 6.45) is 0.427. The number of nitrogens with zero attached hydrogens (tertiary/aromatic N) is 2. The molecule has 0 saturated carbocycles. The van der Waals surface area contributed by atoms with Crippen molar-refractivity contribution in [2.24, 2.45) is 0 Å². The Labute approximate surface area is 141 Å². The number of benzene rings is 2. The third-order valence-electron chi connectivity index (χ3n) is 3.91. The number of carbonyl (C=O) groups is 1. The number of nitro benzene ring substituents is 1. The van der Waals surface area contributed by atoms with Crippen molar-refractivity contribution in [3.05, 3.63) is 81.9 Å². The highest BCUT2D eigenvalue weighted by molar-refractivity contribution is 6.01. The van der Waals surface area contributed by atoms with Crippen LogP contribution in [-0.4, -0.2) is 22.3 Å². The molecule has 1 aliphatic rings. The van der Waals surface area contributed by atoms with Gasteiger partial charge in [-0.3, -0.25) is 14.9 Å². The highest BCUT2D eigenvalue weighted by atomic mass is 19.1. The fraction of sp³-hybridized carbons (Fsp3) is 0.118. The maximum absolute atomic E-state index is 14.3. The van der Waals surface area contributed by atoms with Crippen LogP contribution in [0.5, 0.6) is 0 Å². The molecule has 0 spiro atoms. The van der Waals surface area contributed by atoms with Gasteiger partial charge in [-0.25, -0.2) is 4.39 Å². The second-order valence-electron chi connectivity index (χ2n) is 5.42. The first-order chi connectivity index (χ1) is 11.9. The molecule has 1 N–H and O–H groups in total. The van der Waals surface area contributed by atoms with Gasteiger partial charge < -0.3 is 10.2 Å². The first-order valence-electron chi connectivity index (χ1n) is 7.34. The number of hydrogen-bond donors (Lipinski definition) is 1. The zero-order valence-corrected chi connectivity index (χ0v) is 12.9. The molecule has 1 atom stereocenters. The number of nitrogens with one attached hydrogen (secondary N) is 1. The molecule has 1 aliphatic heterocycles. The fourth-order valence-electron chi connectivity index (χ4n) is 2.77. The van der Waals surface area contributed by atoms with E-state index in [9.17, 15) is 23.7 Å². The van der Waals surface area contributed by atoms with E-state index in [1.165, 1.54) is 11.0 Å². The van der Waals surface area contributed by atoms with Gasteiger partial charge in [0.15, 0.2) is 0 Å². The lowest BCUT2D eigenvalue weighted by Crippen LogP contribution is -2.43. The van der Waals surface area contributed by atoms with Gasteiger partial charge in [-0.05, 0) is 12.1 Å². The average Bonchev–Trinajstić information content (AvgIpc) is 2.57.